The van der Waals surface area contributed by atoms with Crippen LogP contribution in [0.3, 0.4) is 0 Å². The van der Waals surface area contributed by atoms with Gasteiger partial charge < -0.3 is 9.88 Å². The van der Waals surface area contributed by atoms with E-state index in [-0.39, 0.29) is 11.5 Å². The third kappa shape index (κ3) is 4.65. The SMILES string of the molecule is C[C@@H]1C=CCC(C2=NC(c3ccc(-n4c5ccccc5c5cc6c(cc54)C4=C(C=CCC4)C6(C)C)cc3)=CC(C3=CCCC=C3)N2)C1. The molecule has 2 unspecified atom stereocenters. The number of amidine groups is 1. The van der Waals surface area contributed by atoms with E-state index in [1.165, 1.54) is 60.9 Å². The van der Waals surface area contributed by atoms with Gasteiger partial charge in [0.15, 0.2) is 0 Å². The highest BCUT2D eigenvalue weighted by molar-refractivity contribution is 6.11. The van der Waals surface area contributed by atoms with Crippen molar-refractivity contribution in [2.75, 3.05) is 0 Å². The maximum absolute atomic E-state index is 5.30. The standard InChI is InChI=1S/C44H43N3/c1-28-12-11-15-31(24-28)43-45-39(29-13-5-4-6-14-29)27-40(46-43)30-20-22-32(23-21-30)47-41-19-10-8-17-34(41)36-25-38-35(26-42(36)47)33-16-7-9-18-37(33)44(38,2)3/h5,8-14,17-23,25-28,31,39H,4,6-7,15-16,24H2,1-3H3,(H,45,46)/t28-,31?,39?/m1/s1. The van der Waals surface area contributed by atoms with Gasteiger partial charge in [0.25, 0.3) is 0 Å². The Morgan fingerprint density at radius 1 is 0.872 bits per heavy atom. The number of para-hydroxylation sites is 1. The van der Waals surface area contributed by atoms with Crippen molar-refractivity contribution in [3.05, 3.63) is 137 Å². The van der Waals surface area contributed by atoms with Crippen LogP contribution >= 0.6 is 0 Å². The Hall–Kier alpha value is -4.63. The van der Waals surface area contributed by atoms with Crippen LogP contribution in [-0.4, -0.2) is 16.4 Å². The fourth-order valence-corrected chi connectivity index (χ4v) is 8.81. The molecule has 1 aromatic heterocycles. The van der Waals surface area contributed by atoms with Gasteiger partial charge in [-0.3, -0.25) is 0 Å². The van der Waals surface area contributed by atoms with Crippen molar-refractivity contribution in [1.29, 1.82) is 0 Å². The number of nitrogens with one attached hydrogen (secondary N) is 1. The molecule has 9 rings (SSSR count). The number of nitrogens with zero attached hydrogens (tertiary/aromatic N) is 2. The molecule has 2 heterocycles. The fourth-order valence-electron chi connectivity index (χ4n) is 8.81. The molecular weight excluding hydrogens is 571 g/mol. The lowest BCUT2D eigenvalue weighted by molar-refractivity contribution is 0.499. The molecule has 234 valence electrons. The van der Waals surface area contributed by atoms with Crippen LogP contribution in [0.5, 0.6) is 0 Å². The van der Waals surface area contributed by atoms with Crippen molar-refractivity contribution in [2.45, 2.75) is 70.8 Å². The normalized spacial score (nSPS) is 24.6. The third-order valence-corrected chi connectivity index (χ3v) is 11.3. The van der Waals surface area contributed by atoms with Gasteiger partial charge in [-0.25, -0.2) is 4.99 Å². The minimum Gasteiger partial charge on any atom is -0.363 e. The molecule has 0 amide bonds. The van der Waals surface area contributed by atoms with Gasteiger partial charge in [-0.05, 0) is 109 Å². The third-order valence-electron chi connectivity index (χ3n) is 11.3. The molecule has 3 aromatic carbocycles. The lowest BCUT2D eigenvalue weighted by atomic mass is 9.80. The second-order valence-corrected chi connectivity index (χ2v) is 14.7. The summed E-state index contributed by atoms with van der Waals surface area (Å²) in [5.41, 5.74) is 13.3. The van der Waals surface area contributed by atoms with Gasteiger partial charge in [-0.15, -0.1) is 0 Å². The van der Waals surface area contributed by atoms with Crippen molar-refractivity contribution in [2.24, 2.45) is 16.8 Å². The van der Waals surface area contributed by atoms with Gasteiger partial charge in [0.1, 0.15) is 5.84 Å². The molecule has 1 N–H and O–H groups in total. The van der Waals surface area contributed by atoms with Crippen LogP contribution in [-0.2, 0) is 5.41 Å². The Kier molecular flexibility index (Phi) is 6.68. The van der Waals surface area contributed by atoms with E-state index < -0.39 is 0 Å². The first-order valence-corrected chi connectivity index (χ1v) is 17.6. The number of aliphatic imine (C=N–C) groups is 1. The second-order valence-electron chi connectivity index (χ2n) is 14.7. The summed E-state index contributed by atoms with van der Waals surface area (Å²) < 4.78 is 2.47. The molecule has 0 radical (unpaired) electrons. The molecule has 0 fully saturated rings. The Morgan fingerprint density at radius 3 is 2.55 bits per heavy atom. The zero-order valence-electron chi connectivity index (χ0n) is 27.8. The summed E-state index contributed by atoms with van der Waals surface area (Å²) in [5.74, 6) is 2.14. The minimum absolute atomic E-state index is 0.0237. The molecule has 1 aliphatic heterocycles. The van der Waals surface area contributed by atoms with Gasteiger partial charge in [0, 0.05) is 33.4 Å². The van der Waals surface area contributed by atoms with E-state index in [0.717, 1.165) is 50.1 Å². The van der Waals surface area contributed by atoms with Gasteiger partial charge in [-0.1, -0.05) is 93.6 Å². The average Bonchev–Trinajstić information content (AvgIpc) is 3.56. The summed E-state index contributed by atoms with van der Waals surface area (Å²) in [7, 11) is 0. The van der Waals surface area contributed by atoms with Crippen molar-refractivity contribution in [3.8, 4) is 5.69 Å². The predicted octanol–water partition coefficient (Wildman–Crippen LogP) is 10.8. The first-order valence-electron chi connectivity index (χ1n) is 17.6. The maximum Gasteiger partial charge on any atom is 0.106 e. The van der Waals surface area contributed by atoms with Crippen LogP contribution in [0.25, 0.3) is 38.8 Å². The van der Waals surface area contributed by atoms with Gasteiger partial charge >= 0.3 is 0 Å². The number of hydrogen-bond donors (Lipinski definition) is 1. The Morgan fingerprint density at radius 2 is 1.72 bits per heavy atom. The zero-order chi connectivity index (χ0) is 31.7. The number of hydrogen-bond acceptors (Lipinski definition) is 2. The first-order chi connectivity index (χ1) is 23.0. The number of benzene rings is 3. The summed E-state index contributed by atoms with van der Waals surface area (Å²) >= 11 is 0. The molecule has 3 atom stereocenters. The molecule has 5 aliphatic rings. The molecule has 3 nitrogen and oxygen atoms in total. The predicted molar refractivity (Wildman–Crippen MR) is 199 cm³/mol. The summed E-state index contributed by atoms with van der Waals surface area (Å²) in [5, 5.41) is 6.49. The number of aromatic nitrogens is 1. The number of allylic oxidation sites excluding steroid dienone is 8. The van der Waals surface area contributed by atoms with Crippen LogP contribution in [0, 0.1) is 11.8 Å². The van der Waals surface area contributed by atoms with Crippen LogP contribution in [0.4, 0.5) is 0 Å². The molecule has 4 aliphatic carbocycles. The quantitative estimate of drug-likeness (QED) is 0.228. The summed E-state index contributed by atoms with van der Waals surface area (Å²) in [6.45, 7) is 7.11. The lowest BCUT2D eigenvalue weighted by Crippen LogP contribution is -2.42. The molecule has 47 heavy (non-hydrogen) atoms. The molecule has 0 spiro atoms. The highest BCUT2D eigenvalue weighted by Crippen LogP contribution is 2.52. The first kappa shape index (κ1) is 28.6. The van der Waals surface area contributed by atoms with E-state index in [1.54, 1.807) is 0 Å². The minimum atomic E-state index is 0.0237. The highest BCUT2D eigenvalue weighted by atomic mass is 15.1. The van der Waals surface area contributed by atoms with Crippen molar-refractivity contribution < 1.29 is 0 Å². The Balaban J connectivity index is 1.15. The average molecular weight is 614 g/mol. The van der Waals surface area contributed by atoms with Crippen molar-refractivity contribution in [3.63, 3.8) is 0 Å². The molecule has 0 bridgehead atoms. The van der Waals surface area contributed by atoms with E-state index in [9.17, 15) is 0 Å². The van der Waals surface area contributed by atoms with E-state index in [1.807, 2.05) is 0 Å². The zero-order valence-corrected chi connectivity index (χ0v) is 27.8. The van der Waals surface area contributed by atoms with Crippen molar-refractivity contribution >= 4 is 38.9 Å². The smallest absolute Gasteiger partial charge is 0.106 e. The summed E-state index contributed by atoms with van der Waals surface area (Å²) in [6, 6.07) is 23.2. The second kappa shape index (κ2) is 11.0. The van der Waals surface area contributed by atoms with Crippen LogP contribution in [0.1, 0.15) is 76.0 Å². The van der Waals surface area contributed by atoms with E-state index in [2.05, 4.69) is 140 Å². The van der Waals surface area contributed by atoms with Crippen molar-refractivity contribution in [1.82, 2.24) is 9.88 Å². The summed E-state index contributed by atoms with van der Waals surface area (Å²) in [4.78, 5) is 5.30. The lowest BCUT2D eigenvalue weighted by Gasteiger charge is -2.31. The van der Waals surface area contributed by atoms with Crippen LogP contribution in [0.15, 0.2) is 125 Å². The number of fused-ring (bicyclic) bond motifs is 5. The van der Waals surface area contributed by atoms with E-state index >= 15 is 0 Å². The highest BCUT2D eigenvalue weighted by Gasteiger charge is 2.38. The Bertz CT molecular complexity index is 2150. The van der Waals surface area contributed by atoms with Gasteiger partial charge in [0.2, 0.25) is 0 Å². The molecular formula is C44H43N3. The number of rotatable bonds is 4. The molecule has 3 heteroatoms. The molecule has 4 aromatic rings. The molecule has 0 saturated heterocycles. The van der Waals surface area contributed by atoms with E-state index in [0.29, 0.717) is 11.8 Å². The van der Waals surface area contributed by atoms with Crippen LogP contribution < -0.4 is 5.32 Å². The molecule has 0 saturated carbocycles. The monoisotopic (exact) mass is 613 g/mol. The fraction of sp³-hybridized carbons (Fsp3) is 0.295. The summed E-state index contributed by atoms with van der Waals surface area (Å²) in [6.07, 6.45) is 25.4. The van der Waals surface area contributed by atoms with Crippen LogP contribution in [0.2, 0.25) is 0 Å². The van der Waals surface area contributed by atoms with Gasteiger partial charge in [-0.2, -0.15) is 0 Å². The van der Waals surface area contributed by atoms with E-state index in [4.69, 9.17) is 4.99 Å². The van der Waals surface area contributed by atoms with Gasteiger partial charge in [0.05, 0.1) is 22.8 Å². The topological polar surface area (TPSA) is 29.3 Å². The largest absolute Gasteiger partial charge is 0.363 e. The maximum atomic E-state index is 5.30. The Labute approximate surface area is 278 Å².